The summed E-state index contributed by atoms with van der Waals surface area (Å²) in [6.07, 6.45) is 5.23. The van der Waals surface area contributed by atoms with E-state index in [4.69, 9.17) is 3.07 Å². The molecular weight excluding hydrogens is 395 g/mol. The van der Waals surface area contributed by atoms with Crippen LogP contribution in [0.3, 0.4) is 0 Å². The van der Waals surface area contributed by atoms with Gasteiger partial charge in [-0.15, -0.1) is 0 Å². The van der Waals surface area contributed by atoms with E-state index in [1.807, 2.05) is 52.2 Å². The van der Waals surface area contributed by atoms with Gasteiger partial charge in [-0.05, 0) is 31.9 Å². The fourth-order valence-corrected chi connectivity index (χ4v) is 3.17. The third kappa shape index (κ3) is 3.00. The van der Waals surface area contributed by atoms with E-state index in [-0.39, 0.29) is 18.1 Å². The van der Waals surface area contributed by atoms with E-state index < -0.39 is 0 Å². The predicted molar refractivity (Wildman–Crippen MR) is 90.0 cm³/mol. The van der Waals surface area contributed by atoms with Gasteiger partial charge in [-0.25, -0.2) is 0 Å². The lowest BCUT2D eigenvalue weighted by Crippen LogP contribution is -2.47. The molecule has 1 aromatic heterocycles. The lowest BCUT2D eigenvalue weighted by molar-refractivity contribution is 0.0471. The third-order valence-electron chi connectivity index (χ3n) is 3.99. The minimum absolute atomic E-state index is 0.00134. The first-order chi connectivity index (χ1) is 10.7. The summed E-state index contributed by atoms with van der Waals surface area (Å²) in [7, 11) is 0. The van der Waals surface area contributed by atoms with Crippen LogP contribution in [-0.4, -0.2) is 44.5 Å². The largest absolute Gasteiger partial charge is 0.333 e. The monoisotopic (exact) mass is 412 g/mol. The Bertz CT molecular complexity index is 647. The van der Waals surface area contributed by atoms with E-state index in [2.05, 4.69) is 17.1 Å². The molecule has 7 heteroatoms. The molecule has 1 saturated heterocycles. The standard InChI is InChI=1S/C15H17IN4O2/c1-11-6-7-12(22-16)10-19(11)15(21)13-4-2-3-5-14(13)20-17-8-9-18-20/h2-5,8-9,11-12H,6-7,10H2,1H3/t11-,12-/m1/s1. The molecule has 3 rings (SSSR count). The van der Waals surface area contributed by atoms with E-state index in [9.17, 15) is 4.79 Å². The SMILES string of the molecule is C[C@@H]1CC[C@@H](OI)CN1C(=O)c1ccccc1-n1nccn1. The summed E-state index contributed by atoms with van der Waals surface area (Å²) in [5, 5.41) is 8.27. The Balaban J connectivity index is 1.92. The summed E-state index contributed by atoms with van der Waals surface area (Å²) in [6, 6.07) is 7.62. The number of rotatable bonds is 3. The average Bonchev–Trinajstić information content (AvgIpc) is 3.09. The number of amides is 1. The summed E-state index contributed by atoms with van der Waals surface area (Å²) in [4.78, 5) is 16.4. The lowest BCUT2D eigenvalue weighted by atomic mass is 10.00. The molecule has 22 heavy (non-hydrogen) atoms. The summed E-state index contributed by atoms with van der Waals surface area (Å²) in [5.41, 5.74) is 1.31. The number of para-hydroxylation sites is 1. The van der Waals surface area contributed by atoms with Gasteiger partial charge in [0.25, 0.3) is 5.91 Å². The first kappa shape index (κ1) is 15.4. The highest BCUT2D eigenvalue weighted by atomic mass is 127. The van der Waals surface area contributed by atoms with E-state index >= 15 is 0 Å². The van der Waals surface area contributed by atoms with Crippen molar-refractivity contribution in [3.05, 3.63) is 42.2 Å². The van der Waals surface area contributed by atoms with Crippen LogP contribution in [0.1, 0.15) is 30.1 Å². The smallest absolute Gasteiger partial charge is 0.256 e. The summed E-state index contributed by atoms with van der Waals surface area (Å²) in [6.45, 7) is 2.69. The quantitative estimate of drug-likeness (QED) is 0.728. The third-order valence-corrected chi connectivity index (χ3v) is 4.71. The Morgan fingerprint density at radius 3 is 2.73 bits per heavy atom. The Morgan fingerprint density at radius 1 is 1.27 bits per heavy atom. The molecular formula is C15H17IN4O2. The molecule has 2 aromatic rings. The highest BCUT2D eigenvalue weighted by Gasteiger charge is 2.31. The minimum atomic E-state index is -0.00134. The number of carbonyl (C=O) groups is 1. The zero-order valence-corrected chi connectivity index (χ0v) is 14.4. The summed E-state index contributed by atoms with van der Waals surface area (Å²) < 4.78 is 5.40. The second kappa shape index (κ2) is 6.74. The first-order valence-electron chi connectivity index (χ1n) is 7.24. The van der Waals surface area contributed by atoms with Crippen molar-refractivity contribution in [1.29, 1.82) is 0 Å². The second-order valence-corrected chi connectivity index (χ2v) is 5.94. The van der Waals surface area contributed by atoms with Gasteiger partial charge in [-0.1, -0.05) is 12.1 Å². The van der Waals surface area contributed by atoms with Gasteiger partial charge >= 0.3 is 0 Å². The zero-order valence-electron chi connectivity index (χ0n) is 12.2. The minimum Gasteiger partial charge on any atom is -0.333 e. The molecule has 0 aliphatic carbocycles. The molecule has 1 aliphatic rings. The molecule has 116 valence electrons. The van der Waals surface area contributed by atoms with E-state index in [0.717, 1.165) is 12.8 Å². The fourth-order valence-electron chi connectivity index (χ4n) is 2.75. The number of carbonyl (C=O) groups excluding carboxylic acids is 1. The fraction of sp³-hybridized carbons (Fsp3) is 0.400. The average molecular weight is 412 g/mol. The van der Waals surface area contributed by atoms with Crippen LogP contribution < -0.4 is 0 Å². The molecule has 0 bridgehead atoms. The molecule has 0 saturated carbocycles. The van der Waals surface area contributed by atoms with Crippen molar-refractivity contribution in [2.24, 2.45) is 0 Å². The van der Waals surface area contributed by atoms with Crippen LogP contribution in [0.25, 0.3) is 5.69 Å². The van der Waals surface area contributed by atoms with Crippen LogP contribution in [0.5, 0.6) is 0 Å². The molecule has 0 radical (unpaired) electrons. The van der Waals surface area contributed by atoms with Crippen molar-refractivity contribution in [2.75, 3.05) is 6.54 Å². The van der Waals surface area contributed by atoms with Crippen molar-refractivity contribution in [3.8, 4) is 5.69 Å². The van der Waals surface area contributed by atoms with Crippen LogP contribution in [0.2, 0.25) is 0 Å². The van der Waals surface area contributed by atoms with Gasteiger partial charge < -0.3 is 7.97 Å². The normalized spacial score (nSPS) is 21.8. The van der Waals surface area contributed by atoms with Gasteiger partial charge in [0.2, 0.25) is 0 Å². The molecule has 0 unspecified atom stereocenters. The van der Waals surface area contributed by atoms with Crippen molar-refractivity contribution < 1.29 is 7.86 Å². The van der Waals surface area contributed by atoms with Crippen molar-refractivity contribution in [2.45, 2.75) is 31.9 Å². The number of piperidine rings is 1. The Morgan fingerprint density at radius 2 is 2.00 bits per heavy atom. The highest BCUT2D eigenvalue weighted by Crippen LogP contribution is 2.24. The Hall–Kier alpha value is -1.48. The molecule has 2 heterocycles. The number of halogens is 1. The number of hydrogen-bond acceptors (Lipinski definition) is 4. The molecule has 0 N–H and O–H groups in total. The Labute approximate surface area is 143 Å². The molecule has 6 nitrogen and oxygen atoms in total. The number of hydrogen-bond donors (Lipinski definition) is 0. The number of benzene rings is 1. The maximum absolute atomic E-state index is 13.0. The molecule has 1 aliphatic heterocycles. The topological polar surface area (TPSA) is 60.2 Å². The number of nitrogens with zero attached hydrogens (tertiary/aromatic N) is 4. The Kier molecular flexibility index (Phi) is 4.72. The van der Waals surface area contributed by atoms with Gasteiger partial charge in [-0.3, -0.25) is 4.79 Å². The van der Waals surface area contributed by atoms with Gasteiger partial charge in [0, 0.05) is 12.6 Å². The zero-order chi connectivity index (χ0) is 15.5. The number of aromatic nitrogens is 3. The van der Waals surface area contributed by atoms with Gasteiger partial charge in [0.05, 0.1) is 29.7 Å². The highest BCUT2D eigenvalue weighted by molar-refractivity contribution is 14.1. The predicted octanol–water partition coefficient (Wildman–Crippen LogP) is 2.63. The van der Waals surface area contributed by atoms with Gasteiger partial charge in [0.1, 0.15) is 23.0 Å². The molecule has 2 atom stereocenters. The van der Waals surface area contributed by atoms with E-state index in [0.29, 0.717) is 17.8 Å². The van der Waals surface area contributed by atoms with Crippen LogP contribution >= 0.6 is 23.0 Å². The van der Waals surface area contributed by atoms with Crippen molar-refractivity contribution in [3.63, 3.8) is 0 Å². The van der Waals surface area contributed by atoms with Crippen LogP contribution in [0.15, 0.2) is 36.7 Å². The summed E-state index contributed by atoms with van der Waals surface area (Å²) in [5.74, 6) is -0.00134. The van der Waals surface area contributed by atoms with E-state index in [1.54, 1.807) is 12.4 Å². The maximum Gasteiger partial charge on any atom is 0.256 e. The van der Waals surface area contributed by atoms with Crippen molar-refractivity contribution >= 4 is 28.9 Å². The molecule has 1 aromatic carbocycles. The van der Waals surface area contributed by atoms with Crippen LogP contribution in [0.4, 0.5) is 0 Å². The van der Waals surface area contributed by atoms with E-state index in [1.165, 1.54) is 4.80 Å². The van der Waals surface area contributed by atoms with Crippen LogP contribution in [-0.2, 0) is 3.07 Å². The maximum atomic E-state index is 13.0. The van der Waals surface area contributed by atoms with Crippen molar-refractivity contribution in [1.82, 2.24) is 19.9 Å². The first-order valence-corrected chi connectivity index (χ1v) is 8.13. The van der Waals surface area contributed by atoms with Crippen LogP contribution in [0, 0.1) is 0 Å². The molecule has 0 spiro atoms. The second-order valence-electron chi connectivity index (χ2n) is 5.43. The summed E-state index contributed by atoms with van der Waals surface area (Å²) >= 11 is 1.92. The molecule has 1 amide bonds. The van der Waals surface area contributed by atoms with Gasteiger partial charge in [-0.2, -0.15) is 15.0 Å². The van der Waals surface area contributed by atoms with Gasteiger partial charge in [0.15, 0.2) is 0 Å². The molecule has 1 fully saturated rings. The number of likely N-dealkylation sites (tertiary alicyclic amines) is 1. The lowest BCUT2D eigenvalue weighted by Gasteiger charge is -2.37.